The number of hydrogen-bond donors (Lipinski definition) is 1. The number of ketones is 1. The van der Waals surface area contributed by atoms with Gasteiger partial charge in [-0.1, -0.05) is 32.1 Å². The molecule has 0 amide bonds. The van der Waals surface area contributed by atoms with E-state index in [1.807, 2.05) is 0 Å². The molecule has 2 nitrogen and oxygen atoms in total. The van der Waals surface area contributed by atoms with Gasteiger partial charge in [0.1, 0.15) is 6.10 Å². The maximum Gasteiger partial charge on any atom is 0.184 e. The fraction of sp³-hybridized carbons (Fsp3) is 0.737. The van der Waals surface area contributed by atoms with Crippen molar-refractivity contribution in [2.45, 2.75) is 45.6 Å². The van der Waals surface area contributed by atoms with Crippen LogP contribution in [0.25, 0.3) is 0 Å². The molecule has 2 heteroatoms. The van der Waals surface area contributed by atoms with Gasteiger partial charge in [-0.15, -0.1) is 0 Å². The molecule has 114 valence electrons. The highest BCUT2D eigenvalue weighted by molar-refractivity contribution is 5.94. The minimum Gasteiger partial charge on any atom is -0.384 e. The van der Waals surface area contributed by atoms with Gasteiger partial charge >= 0.3 is 0 Å². The highest BCUT2D eigenvalue weighted by atomic mass is 16.3. The average Bonchev–Trinajstić information content (AvgIpc) is 2.78. The van der Waals surface area contributed by atoms with Crippen LogP contribution in [0.15, 0.2) is 24.3 Å². The van der Waals surface area contributed by atoms with E-state index in [2.05, 4.69) is 32.1 Å². The highest BCUT2D eigenvalue weighted by Gasteiger charge is 2.55. The van der Waals surface area contributed by atoms with Crippen LogP contribution in [0.5, 0.6) is 0 Å². The molecule has 0 bridgehead atoms. The summed E-state index contributed by atoms with van der Waals surface area (Å²) in [5.74, 6) is 3.19. The number of fused-ring (bicyclic) bond motifs is 5. The lowest BCUT2D eigenvalue weighted by molar-refractivity contribution is -0.127. The summed E-state index contributed by atoms with van der Waals surface area (Å²) in [6.07, 6.45) is 12.7. The Labute approximate surface area is 127 Å². The second kappa shape index (κ2) is 4.55. The molecule has 8 atom stereocenters. The second-order valence-corrected chi connectivity index (χ2v) is 8.12. The van der Waals surface area contributed by atoms with Gasteiger partial charge in [0.05, 0.1) is 0 Å². The summed E-state index contributed by atoms with van der Waals surface area (Å²) in [7, 11) is 0. The quantitative estimate of drug-likeness (QED) is 0.693. The van der Waals surface area contributed by atoms with Crippen LogP contribution >= 0.6 is 0 Å². The molecule has 0 radical (unpaired) electrons. The van der Waals surface area contributed by atoms with Gasteiger partial charge in [0.2, 0.25) is 0 Å². The lowest BCUT2D eigenvalue weighted by Crippen LogP contribution is -2.48. The van der Waals surface area contributed by atoms with Crippen molar-refractivity contribution < 1.29 is 9.90 Å². The summed E-state index contributed by atoms with van der Waals surface area (Å²) in [5.41, 5.74) is 0.505. The third kappa shape index (κ3) is 1.78. The maximum atomic E-state index is 11.7. The maximum absolute atomic E-state index is 11.7. The molecule has 21 heavy (non-hydrogen) atoms. The molecule has 2 unspecified atom stereocenters. The summed E-state index contributed by atoms with van der Waals surface area (Å²) in [4.78, 5) is 11.7. The number of aliphatic hydroxyl groups excluding tert-OH is 1. The van der Waals surface area contributed by atoms with Crippen LogP contribution in [0.4, 0.5) is 0 Å². The summed E-state index contributed by atoms with van der Waals surface area (Å²) in [6, 6.07) is 0. The van der Waals surface area contributed by atoms with Crippen LogP contribution < -0.4 is 0 Å². The van der Waals surface area contributed by atoms with Crippen molar-refractivity contribution in [3.63, 3.8) is 0 Å². The Morgan fingerprint density at radius 2 is 1.86 bits per heavy atom. The van der Waals surface area contributed by atoms with Crippen molar-refractivity contribution in [3.05, 3.63) is 24.3 Å². The number of aliphatic hydroxyl groups is 1. The molecular formula is C19H26O2. The van der Waals surface area contributed by atoms with Gasteiger partial charge in [-0.05, 0) is 66.8 Å². The van der Waals surface area contributed by atoms with E-state index in [9.17, 15) is 9.90 Å². The van der Waals surface area contributed by atoms with Gasteiger partial charge in [-0.3, -0.25) is 4.79 Å². The third-order valence-corrected chi connectivity index (χ3v) is 7.49. The number of allylic oxidation sites excluding steroid dienone is 2. The van der Waals surface area contributed by atoms with E-state index in [4.69, 9.17) is 0 Å². The lowest BCUT2D eigenvalue weighted by Gasteiger charge is -2.52. The zero-order valence-corrected chi connectivity index (χ0v) is 13.0. The van der Waals surface area contributed by atoms with Crippen molar-refractivity contribution in [1.29, 1.82) is 0 Å². The van der Waals surface area contributed by atoms with E-state index < -0.39 is 6.10 Å². The molecule has 0 aromatic heterocycles. The van der Waals surface area contributed by atoms with Crippen LogP contribution in [0.3, 0.4) is 0 Å². The fourth-order valence-corrected chi connectivity index (χ4v) is 5.96. The predicted octanol–water partition coefficient (Wildman–Crippen LogP) is 3.37. The van der Waals surface area contributed by atoms with Crippen LogP contribution in [0.1, 0.15) is 39.5 Å². The Morgan fingerprint density at radius 1 is 1.10 bits per heavy atom. The van der Waals surface area contributed by atoms with Crippen molar-refractivity contribution in [2.75, 3.05) is 0 Å². The first-order valence-electron chi connectivity index (χ1n) is 8.61. The van der Waals surface area contributed by atoms with Gasteiger partial charge in [-0.25, -0.2) is 0 Å². The topological polar surface area (TPSA) is 37.3 Å². The van der Waals surface area contributed by atoms with E-state index in [-0.39, 0.29) is 11.7 Å². The van der Waals surface area contributed by atoms with Crippen LogP contribution in [0, 0.1) is 40.9 Å². The average molecular weight is 286 g/mol. The Morgan fingerprint density at radius 3 is 2.67 bits per heavy atom. The molecule has 0 heterocycles. The highest BCUT2D eigenvalue weighted by Crippen LogP contribution is 2.62. The molecule has 0 spiro atoms. The molecular weight excluding hydrogens is 260 g/mol. The molecule has 2 saturated carbocycles. The van der Waals surface area contributed by atoms with E-state index >= 15 is 0 Å². The summed E-state index contributed by atoms with van der Waals surface area (Å²) >= 11 is 0. The standard InChI is InChI=1S/C19H26O2/c1-11-3-7-16-14-4-5-15-12(6-8-17(20)18(15)21)13(14)9-10-19(11,16)2/h4-6,8,11-16,18,21H,3,7,9-10H2,1-2H3/t11-,12-,13-,14-,15?,16+,18?,19-/m1/s1. The van der Waals surface area contributed by atoms with E-state index in [0.29, 0.717) is 23.2 Å². The zero-order chi connectivity index (χ0) is 14.8. The minimum absolute atomic E-state index is 0.0203. The first kappa shape index (κ1) is 13.8. The molecule has 0 aliphatic heterocycles. The molecule has 4 aliphatic carbocycles. The molecule has 4 aliphatic rings. The second-order valence-electron chi connectivity index (χ2n) is 8.12. The van der Waals surface area contributed by atoms with Crippen molar-refractivity contribution in [3.8, 4) is 0 Å². The smallest absolute Gasteiger partial charge is 0.184 e. The lowest BCUT2D eigenvalue weighted by atomic mass is 9.52. The zero-order valence-electron chi connectivity index (χ0n) is 13.0. The largest absolute Gasteiger partial charge is 0.384 e. The predicted molar refractivity (Wildman–Crippen MR) is 82.5 cm³/mol. The monoisotopic (exact) mass is 286 g/mol. The van der Waals surface area contributed by atoms with E-state index in [1.54, 1.807) is 6.08 Å². The summed E-state index contributed by atoms with van der Waals surface area (Å²) in [5, 5.41) is 10.2. The van der Waals surface area contributed by atoms with Crippen LogP contribution in [0.2, 0.25) is 0 Å². The minimum atomic E-state index is -0.812. The first-order chi connectivity index (χ1) is 10.0. The fourth-order valence-electron chi connectivity index (χ4n) is 5.96. The Balaban J connectivity index is 1.68. The molecule has 0 aromatic carbocycles. The van der Waals surface area contributed by atoms with Gasteiger partial charge in [0.15, 0.2) is 5.78 Å². The van der Waals surface area contributed by atoms with Gasteiger partial charge in [0.25, 0.3) is 0 Å². The Bertz CT molecular complexity index is 520. The molecule has 2 fully saturated rings. The first-order valence-corrected chi connectivity index (χ1v) is 8.61. The van der Waals surface area contributed by atoms with Gasteiger partial charge < -0.3 is 5.11 Å². The van der Waals surface area contributed by atoms with Crippen LogP contribution in [-0.4, -0.2) is 17.0 Å². The SMILES string of the molecule is C[C@@H]1CC[C@H]2[C@@H]3C=CC4C(O)C(=O)C=C[C@@H]4[C@H]3CC[C@]12C. The molecule has 0 saturated heterocycles. The molecule has 0 aromatic rings. The summed E-state index contributed by atoms with van der Waals surface area (Å²) in [6.45, 7) is 4.93. The number of carbonyl (C=O) groups is 1. The molecule has 4 rings (SSSR count). The van der Waals surface area contributed by atoms with E-state index in [1.165, 1.54) is 25.7 Å². The summed E-state index contributed by atoms with van der Waals surface area (Å²) < 4.78 is 0. The Hall–Kier alpha value is -0.890. The molecule has 1 N–H and O–H groups in total. The third-order valence-electron chi connectivity index (χ3n) is 7.49. The Kier molecular flexibility index (Phi) is 2.98. The van der Waals surface area contributed by atoms with Gasteiger partial charge in [0, 0.05) is 5.92 Å². The number of hydrogen-bond acceptors (Lipinski definition) is 2. The van der Waals surface area contributed by atoms with Crippen LogP contribution in [-0.2, 0) is 4.79 Å². The normalized spacial score (nSPS) is 55.0. The van der Waals surface area contributed by atoms with Crippen molar-refractivity contribution in [1.82, 2.24) is 0 Å². The van der Waals surface area contributed by atoms with E-state index in [0.717, 1.165) is 11.8 Å². The van der Waals surface area contributed by atoms with Crippen molar-refractivity contribution in [2.24, 2.45) is 40.9 Å². The van der Waals surface area contributed by atoms with Gasteiger partial charge in [-0.2, -0.15) is 0 Å². The number of rotatable bonds is 0. The van der Waals surface area contributed by atoms with Crippen molar-refractivity contribution >= 4 is 5.78 Å². The number of carbonyl (C=O) groups excluding carboxylic acids is 1.